The Labute approximate surface area is 160 Å². The summed E-state index contributed by atoms with van der Waals surface area (Å²) in [7, 11) is 0. The van der Waals surface area contributed by atoms with Crippen LogP contribution in [0.3, 0.4) is 0 Å². The number of nitrogens with one attached hydrogen (secondary N) is 2. The van der Waals surface area contributed by atoms with Crippen LogP contribution in [0.4, 0.5) is 5.69 Å². The summed E-state index contributed by atoms with van der Waals surface area (Å²) in [6.07, 6.45) is 1.60. The van der Waals surface area contributed by atoms with Crippen molar-refractivity contribution < 1.29 is 4.79 Å². The lowest BCUT2D eigenvalue weighted by Gasteiger charge is -2.27. The molecule has 0 spiro atoms. The Morgan fingerprint density at radius 3 is 2.11 bits per heavy atom. The van der Waals surface area contributed by atoms with Crippen molar-refractivity contribution in [1.82, 2.24) is 5.32 Å². The molecule has 1 amide bonds. The molecule has 0 saturated carbocycles. The first-order valence-corrected chi connectivity index (χ1v) is 9.47. The Morgan fingerprint density at radius 1 is 0.852 bits per heavy atom. The highest BCUT2D eigenvalue weighted by atomic mass is 16.2. The van der Waals surface area contributed by atoms with Gasteiger partial charge in [-0.25, -0.2) is 0 Å². The lowest BCUT2D eigenvalue weighted by atomic mass is 9.79. The lowest BCUT2D eigenvalue weighted by Crippen LogP contribution is -2.40. The maximum absolute atomic E-state index is 13.1. The first-order valence-electron chi connectivity index (χ1n) is 9.47. The van der Waals surface area contributed by atoms with Gasteiger partial charge in [-0.3, -0.25) is 4.79 Å². The summed E-state index contributed by atoms with van der Waals surface area (Å²) in [5.41, 5.74) is 4.06. The molecule has 1 aliphatic rings. The molecule has 4 rings (SSSR count). The van der Waals surface area contributed by atoms with Crippen molar-refractivity contribution in [3.05, 3.63) is 90.5 Å². The van der Waals surface area contributed by atoms with Crippen LogP contribution < -0.4 is 10.6 Å². The van der Waals surface area contributed by atoms with Crippen LogP contribution in [0.25, 0.3) is 11.1 Å². The Balaban J connectivity index is 1.52. The second-order valence-corrected chi connectivity index (χ2v) is 7.27. The third-order valence-corrected chi connectivity index (χ3v) is 5.36. The molecular formula is C24H24N2O. The average Bonchev–Trinajstić information content (AvgIpc) is 3.20. The molecule has 2 N–H and O–H groups in total. The lowest BCUT2D eigenvalue weighted by molar-refractivity contribution is -0.124. The third kappa shape index (κ3) is 3.93. The van der Waals surface area contributed by atoms with Gasteiger partial charge in [0.1, 0.15) is 0 Å². The van der Waals surface area contributed by atoms with Gasteiger partial charge in [-0.05, 0) is 48.2 Å². The zero-order valence-electron chi connectivity index (χ0n) is 15.3. The Kier molecular flexibility index (Phi) is 5.03. The van der Waals surface area contributed by atoms with Crippen LogP contribution in [0, 0.1) is 5.41 Å². The number of para-hydroxylation sites is 1. The molecule has 3 aromatic rings. The minimum Gasteiger partial charge on any atom is -0.326 e. The summed E-state index contributed by atoms with van der Waals surface area (Å²) < 4.78 is 0. The van der Waals surface area contributed by atoms with Crippen LogP contribution in [-0.2, 0) is 11.2 Å². The minimum absolute atomic E-state index is 0.103. The fraction of sp³-hybridized carbons (Fsp3) is 0.208. The molecule has 1 fully saturated rings. The molecule has 3 heteroatoms. The zero-order chi connectivity index (χ0) is 18.5. The fourth-order valence-electron chi connectivity index (χ4n) is 3.79. The molecular weight excluding hydrogens is 332 g/mol. The maximum Gasteiger partial charge on any atom is 0.232 e. The van der Waals surface area contributed by atoms with E-state index < -0.39 is 5.41 Å². The van der Waals surface area contributed by atoms with E-state index in [9.17, 15) is 4.79 Å². The number of hydrogen-bond acceptors (Lipinski definition) is 2. The molecule has 3 nitrogen and oxygen atoms in total. The van der Waals surface area contributed by atoms with Crippen LogP contribution in [0.2, 0.25) is 0 Å². The van der Waals surface area contributed by atoms with Gasteiger partial charge in [-0.2, -0.15) is 0 Å². The van der Waals surface area contributed by atoms with Crippen molar-refractivity contribution in [2.24, 2.45) is 5.41 Å². The number of benzene rings is 3. The van der Waals surface area contributed by atoms with Gasteiger partial charge in [0.05, 0.1) is 5.41 Å². The van der Waals surface area contributed by atoms with Gasteiger partial charge in [0, 0.05) is 12.2 Å². The smallest absolute Gasteiger partial charge is 0.232 e. The minimum atomic E-state index is -0.399. The first kappa shape index (κ1) is 17.5. The highest BCUT2D eigenvalue weighted by Gasteiger charge is 2.41. The van der Waals surface area contributed by atoms with E-state index in [0.717, 1.165) is 25.1 Å². The van der Waals surface area contributed by atoms with Gasteiger partial charge < -0.3 is 10.6 Å². The largest absolute Gasteiger partial charge is 0.326 e. The average molecular weight is 356 g/mol. The summed E-state index contributed by atoms with van der Waals surface area (Å²) in [6, 6.07) is 28.7. The van der Waals surface area contributed by atoms with Crippen molar-refractivity contribution in [2.45, 2.75) is 12.8 Å². The van der Waals surface area contributed by atoms with Crippen LogP contribution in [0.5, 0.6) is 0 Å². The van der Waals surface area contributed by atoms with Crippen LogP contribution in [0.1, 0.15) is 12.0 Å². The maximum atomic E-state index is 13.1. The number of rotatable bonds is 5. The Hall–Kier alpha value is -2.91. The fourth-order valence-corrected chi connectivity index (χ4v) is 3.79. The van der Waals surface area contributed by atoms with Crippen molar-refractivity contribution in [3.8, 4) is 11.1 Å². The quantitative estimate of drug-likeness (QED) is 0.706. The summed E-state index contributed by atoms with van der Waals surface area (Å²) >= 11 is 0. The summed E-state index contributed by atoms with van der Waals surface area (Å²) in [5, 5.41) is 6.48. The Bertz CT molecular complexity index is 883. The number of hydrogen-bond donors (Lipinski definition) is 2. The van der Waals surface area contributed by atoms with E-state index in [2.05, 4.69) is 59.2 Å². The molecule has 136 valence electrons. The Morgan fingerprint density at radius 2 is 1.48 bits per heavy atom. The number of carbonyl (C=O) groups is 1. The van der Waals surface area contributed by atoms with Crippen LogP contribution in [0.15, 0.2) is 84.9 Å². The van der Waals surface area contributed by atoms with Crippen molar-refractivity contribution in [1.29, 1.82) is 0 Å². The van der Waals surface area contributed by atoms with Gasteiger partial charge in [0.15, 0.2) is 0 Å². The van der Waals surface area contributed by atoms with Gasteiger partial charge in [-0.15, -0.1) is 0 Å². The SMILES string of the molecule is O=C(Nc1ccccc1)[C@]1(Cc2ccc(-c3ccccc3)cc2)CCNC1. The van der Waals surface area contributed by atoms with E-state index >= 15 is 0 Å². The molecule has 1 aliphatic heterocycles. The molecule has 3 aromatic carbocycles. The van der Waals surface area contributed by atoms with E-state index in [0.29, 0.717) is 6.54 Å². The normalized spacial score (nSPS) is 19.0. The van der Waals surface area contributed by atoms with Crippen molar-refractivity contribution in [3.63, 3.8) is 0 Å². The van der Waals surface area contributed by atoms with Crippen LogP contribution >= 0.6 is 0 Å². The molecule has 27 heavy (non-hydrogen) atoms. The molecule has 1 saturated heterocycles. The third-order valence-electron chi connectivity index (χ3n) is 5.36. The molecule has 1 atom stereocenters. The van der Waals surface area contributed by atoms with Gasteiger partial charge in [-0.1, -0.05) is 72.8 Å². The summed E-state index contributed by atoms with van der Waals surface area (Å²) in [4.78, 5) is 13.1. The second kappa shape index (κ2) is 7.77. The zero-order valence-corrected chi connectivity index (χ0v) is 15.3. The van der Waals surface area contributed by atoms with Crippen molar-refractivity contribution >= 4 is 11.6 Å². The highest BCUT2D eigenvalue weighted by Crippen LogP contribution is 2.32. The van der Waals surface area contributed by atoms with E-state index in [1.807, 2.05) is 36.4 Å². The van der Waals surface area contributed by atoms with Gasteiger partial charge in [0.2, 0.25) is 5.91 Å². The van der Waals surface area contributed by atoms with E-state index in [1.54, 1.807) is 0 Å². The molecule has 0 bridgehead atoms. The van der Waals surface area contributed by atoms with E-state index in [-0.39, 0.29) is 5.91 Å². The van der Waals surface area contributed by atoms with Crippen molar-refractivity contribution in [2.75, 3.05) is 18.4 Å². The molecule has 0 radical (unpaired) electrons. The van der Waals surface area contributed by atoms with Crippen LogP contribution in [-0.4, -0.2) is 19.0 Å². The van der Waals surface area contributed by atoms with Gasteiger partial charge >= 0.3 is 0 Å². The molecule has 0 unspecified atom stereocenters. The standard InChI is InChI=1S/C24H24N2O/c27-23(26-22-9-5-2-6-10-22)24(15-16-25-18-24)17-19-11-13-21(14-12-19)20-7-3-1-4-8-20/h1-14,25H,15-18H2,(H,26,27)/t24-/m0/s1. The topological polar surface area (TPSA) is 41.1 Å². The predicted octanol–water partition coefficient (Wildman–Crippen LogP) is 4.51. The predicted molar refractivity (Wildman–Crippen MR) is 111 cm³/mol. The highest BCUT2D eigenvalue weighted by molar-refractivity contribution is 5.96. The summed E-state index contributed by atoms with van der Waals surface area (Å²) in [5.74, 6) is 0.103. The van der Waals surface area contributed by atoms with E-state index in [4.69, 9.17) is 0 Å². The van der Waals surface area contributed by atoms with Gasteiger partial charge in [0.25, 0.3) is 0 Å². The number of amides is 1. The molecule has 1 heterocycles. The summed E-state index contributed by atoms with van der Waals surface area (Å²) in [6.45, 7) is 1.59. The number of anilines is 1. The monoisotopic (exact) mass is 356 g/mol. The molecule has 0 aromatic heterocycles. The second-order valence-electron chi connectivity index (χ2n) is 7.27. The number of carbonyl (C=O) groups excluding carboxylic acids is 1. The molecule has 0 aliphatic carbocycles. The first-order chi connectivity index (χ1) is 13.3. The van der Waals surface area contributed by atoms with E-state index in [1.165, 1.54) is 16.7 Å².